The molecule has 0 saturated heterocycles. The van der Waals surface area contributed by atoms with E-state index in [1.165, 1.54) is 36.4 Å². The number of nitrogens with one attached hydrogen (secondary N) is 1. The van der Waals surface area contributed by atoms with Crippen LogP contribution in [-0.2, 0) is 9.53 Å². The Hall–Kier alpha value is -2.11. The Labute approximate surface area is 135 Å². The van der Waals surface area contributed by atoms with Gasteiger partial charge in [-0.3, -0.25) is 4.79 Å². The molecule has 0 bridgehead atoms. The summed E-state index contributed by atoms with van der Waals surface area (Å²) < 4.78 is 17.8. The number of benzene rings is 2. The molecule has 4 nitrogen and oxygen atoms in total. The second-order valence-electron chi connectivity index (χ2n) is 4.29. The second-order valence-corrected chi connectivity index (χ2v) is 5.17. The lowest BCUT2D eigenvalue weighted by atomic mass is 10.2. The molecule has 0 aromatic heterocycles. The molecule has 1 N–H and O–H groups in total. The van der Waals surface area contributed by atoms with Crippen LogP contribution < -0.4 is 5.32 Å². The summed E-state index contributed by atoms with van der Waals surface area (Å²) >= 11 is 11.5. The highest BCUT2D eigenvalue weighted by atomic mass is 35.5. The fourth-order valence-corrected chi connectivity index (χ4v) is 2.18. The summed E-state index contributed by atoms with van der Waals surface area (Å²) in [6.45, 7) is -0.514. The zero-order valence-electron chi connectivity index (χ0n) is 11.1. The Balaban J connectivity index is 1.92. The molecule has 2 aromatic rings. The molecule has 1 amide bonds. The molecule has 0 fully saturated rings. The maximum atomic E-state index is 13.0. The van der Waals surface area contributed by atoms with Gasteiger partial charge < -0.3 is 10.1 Å². The summed E-state index contributed by atoms with van der Waals surface area (Å²) in [6.07, 6.45) is 0. The summed E-state index contributed by atoms with van der Waals surface area (Å²) in [4.78, 5) is 23.4. The van der Waals surface area contributed by atoms with Gasteiger partial charge in [0.1, 0.15) is 5.82 Å². The van der Waals surface area contributed by atoms with E-state index in [9.17, 15) is 14.0 Å². The van der Waals surface area contributed by atoms with Crippen molar-refractivity contribution in [1.29, 1.82) is 0 Å². The van der Waals surface area contributed by atoms with Gasteiger partial charge in [0.2, 0.25) is 0 Å². The lowest BCUT2D eigenvalue weighted by molar-refractivity contribution is -0.119. The fraction of sp³-hybridized carbons (Fsp3) is 0.0667. The molecule has 114 valence electrons. The molecule has 0 heterocycles. The van der Waals surface area contributed by atoms with Crippen molar-refractivity contribution in [2.24, 2.45) is 0 Å². The first-order valence-electron chi connectivity index (χ1n) is 6.12. The van der Waals surface area contributed by atoms with E-state index < -0.39 is 24.3 Å². The number of halogens is 3. The summed E-state index contributed by atoms with van der Waals surface area (Å²) in [5.74, 6) is -1.81. The number of hydrogen-bond acceptors (Lipinski definition) is 3. The lowest BCUT2D eigenvalue weighted by Gasteiger charge is -2.07. The normalized spacial score (nSPS) is 10.1. The summed E-state index contributed by atoms with van der Waals surface area (Å²) in [7, 11) is 0. The van der Waals surface area contributed by atoms with Crippen molar-refractivity contribution in [2.45, 2.75) is 0 Å². The minimum atomic E-state index is -0.737. The van der Waals surface area contributed by atoms with Crippen LogP contribution in [0.3, 0.4) is 0 Å². The van der Waals surface area contributed by atoms with E-state index >= 15 is 0 Å². The van der Waals surface area contributed by atoms with Crippen LogP contribution in [0.5, 0.6) is 0 Å². The number of esters is 1. The van der Waals surface area contributed by atoms with Gasteiger partial charge in [-0.15, -0.1) is 0 Å². The van der Waals surface area contributed by atoms with Gasteiger partial charge >= 0.3 is 5.97 Å². The van der Waals surface area contributed by atoms with E-state index in [1.807, 2.05) is 0 Å². The van der Waals surface area contributed by atoms with Crippen LogP contribution in [0, 0.1) is 5.82 Å². The van der Waals surface area contributed by atoms with Gasteiger partial charge in [0.25, 0.3) is 5.91 Å². The highest BCUT2D eigenvalue weighted by molar-refractivity contribution is 6.35. The maximum Gasteiger partial charge on any atom is 0.338 e. The zero-order chi connectivity index (χ0) is 16.1. The van der Waals surface area contributed by atoms with Crippen LogP contribution in [0.25, 0.3) is 0 Å². The number of carbonyl (C=O) groups excluding carboxylic acids is 2. The van der Waals surface area contributed by atoms with Gasteiger partial charge in [-0.05, 0) is 36.4 Å². The summed E-state index contributed by atoms with van der Waals surface area (Å²) in [5, 5.41) is 2.97. The van der Waals surface area contributed by atoms with Crippen molar-refractivity contribution >= 4 is 40.8 Å². The zero-order valence-corrected chi connectivity index (χ0v) is 12.6. The van der Waals surface area contributed by atoms with Crippen LogP contribution in [0.15, 0.2) is 42.5 Å². The number of hydrogen-bond donors (Lipinski definition) is 1. The molecule has 0 aliphatic rings. The minimum Gasteiger partial charge on any atom is -0.452 e. The van der Waals surface area contributed by atoms with E-state index in [0.717, 1.165) is 6.07 Å². The van der Waals surface area contributed by atoms with Crippen LogP contribution >= 0.6 is 23.2 Å². The highest BCUT2D eigenvalue weighted by Gasteiger charge is 2.12. The van der Waals surface area contributed by atoms with E-state index in [1.54, 1.807) is 0 Å². The Morgan fingerprint density at radius 1 is 1.09 bits per heavy atom. The van der Waals surface area contributed by atoms with E-state index in [2.05, 4.69) is 5.32 Å². The number of rotatable bonds is 4. The van der Waals surface area contributed by atoms with Crippen molar-refractivity contribution in [2.75, 3.05) is 11.9 Å². The molecule has 0 aliphatic heterocycles. The van der Waals surface area contributed by atoms with Crippen molar-refractivity contribution in [3.8, 4) is 0 Å². The topological polar surface area (TPSA) is 55.4 Å². The van der Waals surface area contributed by atoms with Gasteiger partial charge in [0, 0.05) is 15.7 Å². The fourth-order valence-electron chi connectivity index (χ4n) is 1.65. The molecule has 2 aromatic carbocycles. The molecule has 0 saturated carbocycles. The third-order valence-corrected chi connectivity index (χ3v) is 2.98. The first kappa shape index (κ1) is 16.3. The van der Waals surface area contributed by atoms with Gasteiger partial charge in [0.05, 0.1) is 5.56 Å². The highest BCUT2D eigenvalue weighted by Crippen LogP contribution is 2.19. The predicted molar refractivity (Wildman–Crippen MR) is 81.8 cm³/mol. The summed E-state index contributed by atoms with van der Waals surface area (Å²) in [6, 6.07) is 9.58. The van der Waals surface area contributed by atoms with Gasteiger partial charge in [-0.2, -0.15) is 0 Å². The first-order valence-corrected chi connectivity index (χ1v) is 6.88. The van der Waals surface area contributed by atoms with Crippen LogP contribution in [0.4, 0.5) is 10.1 Å². The maximum absolute atomic E-state index is 13.0. The molecule has 0 unspecified atom stereocenters. The molecular formula is C15H10Cl2FNO3. The largest absolute Gasteiger partial charge is 0.452 e. The SMILES string of the molecule is O=C(COC(=O)c1cc(Cl)cc(Cl)c1)Nc1cccc(F)c1. The van der Waals surface area contributed by atoms with Crippen molar-refractivity contribution in [1.82, 2.24) is 0 Å². The number of anilines is 1. The monoisotopic (exact) mass is 341 g/mol. The lowest BCUT2D eigenvalue weighted by Crippen LogP contribution is -2.21. The summed E-state index contributed by atoms with van der Waals surface area (Å²) in [5.41, 5.74) is 0.405. The van der Waals surface area contributed by atoms with Gasteiger partial charge in [0.15, 0.2) is 6.61 Å². The predicted octanol–water partition coefficient (Wildman–Crippen LogP) is 3.93. The Morgan fingerprint density at radius 2 is 1.77 bits per heavy atom. The van der Waals surface area contributed by atoms with Crippen molar-refractivity contribution < 1.29 is 18.7 Å². The molecule has 0 radical (unpaired) electrons. The first-order chi connectivity index (χ1) is 10.4. The Bertz CT molecular complexity index is 701. The average Bonchev–Trinajstić information content (AvgIpc) is 2.43. The number of carbonyl (C=O) groups is 2. The van der Waals surface area contributed by atoms with Crippen molar-refractivity contribution in [3.63, 3.8) is 0 Å². The van der Waals surface area contributed by atoms with Crippen LogP contribution in [-0.4, -0.2) is 18.5 Å². The number of ether oxygens (including phenoxy) is 1. The molecule has 2 rings (SSSR count). The van der Waals surface area contributed by atoms with E-state index in [-0.39, 0.29) is 21.3 Å². The quantitative estimate of drug-likeness (QED) is 0.857. The Morgan fingerprint density at radius 3 is 2.41 bits per heavy atom. The van der Waals surface area contributed by atoms with E-state index in [4.69, 9.17) is 27.9 Å². The molecule has 0 aliphatic carbocycles. The number of amides is 1. The second kappa shape index (κ2) is 7.24. The minimum absolute atomic E-state index is 0.135. The molecular weight excluding hydrogens is 332 g/mol. The van der Waals surface area contributed by atoms with Gasteiger partial charge in [-0.1, -0.05) is 29.3 Å². The Kier molecular flexibility index (Phi) is 5.35. The van der Waals surface area contributed by atoms with Crippen LogP contribution in [0.1, 0.15) is 10.4 Å². The molecule has 0 spiro atoms. The standard InChI is InChI=1S/C15H10Cl2FNO3/c16-10-4-9(5-11(17)6-10)15(21)22-8-14(20)19-13-3-1-2-12(18)7-13/h1-7H,8H2,(H,19,20). The van der Waals surface area contributed by atoms with Crippen LogP contribution in [0.2, 0.25) is 10.0 Å². The smallest absolute Gasteiger partial charge is 0.338 e. The average molecular weight is 342 g/mol. The molecule has 7 heteroatoms. The van der Waals surface area contributed by atoms with Gasteiger partial charge in [-0.25, -0.2) is 9.18 Å². The molecule has 22 heavy (non-hydrogen) atoms. The molecule has 0 atom stereocenters. The third kappa shape index (κ3) is 4.72. The van der Waals surface area contributed by atoms with Crippen molar-refractivity contribution in [3.05, 3.63) is 63.9 Å². The van der Waals surface area contributed by atoms with E-state index in [0.29, 0.717) is 0 Å². The third-order valence-electron chi connectivity index (χ3n) is 2.54.